The predicted molar refractivity (Wildman–Crippen MR) is 88.6 cm³/mol. The van der Waals surface area contributed by atoms with Crippen LogP contribution in [0.25, 0.3) is 0 Å². The summed E-state index contributed by atoms with van der Waals surface area (Å²) in [5.74, 6) is 0.561. The molecule has 6 heteroatoms. The topological polar surface area (TPSA) is 57.4 Å². The molecule has 21 heavy (non-hydrogen) atoms. The van der Waals surface area contributed by atoms with Crippen LogP contribution in [0.15, 0.2) is 12.3 Å². The van der Waals surface area contributed by atoms with Crippen molar-refractivity contribution in [2.24, 2.45) is 0 Å². The Balaban J connectivity index is 2.34. The fraction of sp³-hybridized carbons (Fsp3) is 0.667. The average Bonchev–Trinajstić information content (AvgIpc) is 2.61. The van der Waals surface area contributed by atoms with Crippen LogP contribution >= 0.6 is 11.6 Å². The summed E-state index contributed by atoms with van der Waals surface area (Å²) >= 11 is 6.13. The van der Waals surface area contributed by atoms with Crippen molar-refractivity contribution in [3.05, 3.63) is 22.8 Å². The zero-order chi connectivity index (χ0) is 15.4. The Morgan fingerprint density at radius 2 is 2.24 bits per heavy atom. The summed E-state index contributed by atoms with van der Waals surface area (Å²) in [6, 6.07) is 2.42. The van der Waals surface area contributed by atoms with Crippen molar-refractivity contribution in [1.82, 2.24) is 20.1 Å². The minimum absolute atomic E-state index is 0.131. The van der Waals surface area contributed by atoms with E-state index in [1.807, 2.05) is 6.07 Å². The normalized spacial score (nSPS) is 23.0. The van der Waals surface area contributed by atoms with E-state index in [1.54, 1.807) is 6.20 Å². The lowest BCUT2D eigenvalue weighted by molar-refractivity contribution is 0.179. The SMILES string of the molecule is CCNC(c1cc(Cl)cnc1N)C1CN(C)CCCN1C. The molecule has 118 valence electrons. The fourth-order valence-electron chi connectivity index (χ4n) is 3.05. The second-order valence-electron chi connectivity index (χ2n) is 5.83. The monoisotopic (exact) mass is 311 g/mol. The van der Waals surface area contributed by atoms with Gasteiger partial charge in [0.15, 0.2) is 0 Å². The summed E-state index contributed by atoms with van der Waals surface area (Å²) < 4.78 is 0. The standard InChI is InChI=1S/C15H26ClN5/c1-4-18-14(12-8-11(16)9-19-15(12)17)13-10-20(2)6-5-7-21(13)3/h8-9,13-14,18H,4-7,10H2,1-3H3,(H2,17,19). The van der Waals surface area contributed by atoms with Gasteiger partial charge in [-0.1, -0.05) is 18.5 Å². The molecule has 0 saturated carbocycles. The van der Waals surface area contributed by atoms with Crippen LogP contribution in [0.1, 0.15) is 24.9 Å². The van der Waals surface area contributed by atoms with Gasteiger partial charge in [-0.2, -0.15) is 0 Å². The van der Waals surface area contributed by atoms with E-state index in [2.05, 4.69) is 41.1 Å². The van der Waals surface area contributed by atoms with Crippen LogP contribution in [0, 0.1) is 0 Å². The van der Waals surface area contributed by atoms with Gasteiger partial charge < -0.3 is 20.9 Å². The van der Waals surface area contributed by atoms with Gasteiger partial charge in [0.05, 0.1) is 11.1 Å². The third-order valence-electron chi connectivity index (χ3n) is 4.18. The number of halogens is 1. The van der Waals surface area contributed by atoms with Crippen LogP contribution in [0.4, 0.5) is 5.82 Å². The Hall–Kier alpha value is -0.880. The maximum Gasteiger partial charge on any atom is 0.128 e. The number of rotatable bonds is 4. The van der Waals surface area contributed by atoms with Crippen molar-refractivity contribution in [1.29, 1.82) is 0 Å². The minimum atomic E-state index is 0.131. The van der Waals surface area contributed by atoms with Gasteiger partial charge in [-0.3, -0.25) is 0 Å². The highest BCUT2D eigenvalue weighted by Crippen LogP contribution is 2.28. The molecule has 2 atom stereocenters. The van der Waals surface area contributed by atoms with E-state index in [4.69, 9.17) is 17.3 Å². The van der Waals surface area contributed by atoms with Gasteiger partial charge in [0.25, 0.3) is 0 Å². The van der Waals surface area contributed by atoms with E-state index in [1.165, 1.54) is 6.42 Å². The Labute approximate surface area is 132 Å². The second-order valence-corrected chi connectivity index (χ2v) is 6.26. The molecule has 5 nitrogen and oxygen atoms in total. The second kappa shape index (κ2) is 7.40. The maximum atomic E-state index is 6.13. The molecule has 0 spiro atoms. The van der Waals surface area contributed by atoms with Crippen LogP contribution < -0.4 is 11.1 Å². The van der Waals surface area contributed by atoms with Gasteiger partial charge in [0.2, 0.25) is 0 Å². The first kappa shape index (κ1) is 16.5. The molecule has 3 N–H and O–H groups in total. The molecule has 0 amide bonds. The number of nitrogen functional groups attached to an aromatic ring is 1. The van der Waals surface area contributed by atoms with Crippen LogP contribution in [0.2, 0.25) is 5.02 Å². The van der Waals surface area contributed by atoms with Crippen molar-refractivity contribution >= 4 is 17.4 Å². The van der Waals surface area contributed by atoms with Gasteiger partial charge in [-0.15, -0.1) is 0 Å². The number of nitrogens with zero attached hydrogens (tertiary/aromatic N) is 3. The number of hydrogen-bond donors (Lipinski definition) is 2. The Morgan fingerprint density at radius 3 is 2.95 bits per heavy atom. The molecule has 0 radical (unpaired) electrons. The smallest absolute Gasteiger partial charge is 0.128 e. The summed E-state index contributed by atoms with van der Waals surface area (Å²) in [5, 5.41) is 4.20. The fourth-order valence-corrected chi connectivity index (χ4v) is 3.22. The quantitative estimate of drug-likeness (QED) is 0.884. The zero-order valence-electron chi connectivity index (χ0n) is 13.1. The number of likely N-dealkylation sites (N-methyl/N-ethyl adjacent to an activating group) is 3. The van der Waals surface area contributed by atoms with Crippen LogP contribution in [0.5, 0.6) is 0 Å². The molecular formula is C15H26ClN5. The van der Waals surface area contributed by atoms with Gasteiger partial charge in [0.1, 0.15) is 5.82 Å². The number of hydrogen-bond acceptors (Lipinski definition) is 5. The molecule has 1 fully saturated rings. The summed E-state index contributed by atoms with van der Waals surface area (Å²) in [7, 11) is 4.36. The summed E-state index contributed by atoms with van der Waals surface area (Å²) in [6.45, 7) is 6.21. The summed E-state index contributed by atoms with van der Waals surface area (Å²) in [5.41, 5.74) is 7.10. The van der Waals surface area contributed by atoms with Gasteiger partial charge >= 0.3 is 0 Å². The molecule has 0 aliphatic carbocycles. The molecule has 2 heterocycles. The highest BCUT2D eigenvalue weighted by Gasteiger charge is 2.30. The molecule has 0 bridgehead atoms. The van der Waals surface area contributed by atoms with Gasteiger partial charge in [-0.05, 0) is 46.2 Å². The molecule has 1 aromatic heterocycles. The van der Waals surface area contributed by atoms with Crippen molar-refractivity contribution in [3.63, 3.8) is 0 Å². The van der Waals surface area contributed by atoms with Crippen LogP contribution in [-0.2, 0) is 0 Å². The van der Waals surface area contributed by atoms with Gasteiger partial charge in [-0.25, -0.2) is 4.98 Å². The molecule has 1 aliphatic rings. The Kier molecular flexibility index (Phi) is 5.81. The summed E-state index contributed by atoms with van der Waals surface area (Å²) in [4.78, 5) is 9.01. The maximum absolute atomic E-state index is 6.13. The first-order valence-corrected chi connectivity index (χ1v) is 7.93. The molecule has 2 rings (SSSR count). The lowest BCUT2D eigenvalue weighted by Gasteiger charge is -2.35. The zero-order valence-corrected chi connectivity index (χ0v) is 13.9. The lowest BCUT2D eigenvalue weighted by Crippen LogP contribution is -2.47. The predicted octanol–water partition coefficient (Wildman–Crippen LogP) is 1.60. The Morgan fingerprint density at radius 1 is 1.48 bits per heavy atom. The van der Waals surface area contributed by atoms with E-state index in [9.17, 15) is 0 Å². The molecule has 1 aliphatic heterocycles. The van der Waals surface area contributed by atoms with Crippen molar-refractivity contribution in [3.8, 4) is 0 Å². The third-order valence-corrected chi connectivity index (χ3v) is 4.38. The van der Waals surface area contributed by atoms with Gasteiger partial charge in [0, 0.05) is 24.3 Å². The van der Waals surface area contributed by atoms with Crippen LogP contribution in [0.3, 0.4) is 0 Å². The number of anilines is 1. The molecule has 0 aromatic carbocycles. The molecule has 1 saturated heterocycles. The van der Waals surface area contributed by atoms with E-state index in [0.717, 1.165) is 31.7 Å². The highest BCUT2D eigenvalue weighted by atomic mass is 35.5. The van der Waals surface area contributed by atoms with Crippen LogP contribution in [-0.4, -0.2) is 61.1 Å². The van der Waals surface area contributed by atoms with E-state index < -0.39 is 0 Å². The van der Waals surface area contributed by atoms with E-state index in [-0.39, 0.29) is 6.04 Å². The average molecular weight is 312 g/mol. The van der Waals surface area contributed by atoms with Crippen molar-refractivity contribution in [2.75, 3.05) is 46.0 Å². The number of pyridine rings is 1. The minimum Gasteiger partial charge on any atom is -0.383 e. The van der Waals surface area contributed by atoms with E-state index in [0.29, 0.717) is 16.9 Å². The first-order valence-electron chi connectivity index (χ1n) is 7.56. The summed E-state index contributed by atoms with van der Waals surface area (Å²) in [6.07, 6.45) is 2.79. The molecule has 1 aromatic rings. The number of aromatic nitrogens is 1. The van der Waals surface area contributed by atoms with Crippen molar-refractivity contribution in [2.45, 2.75) is 25.4 Å². The largest absolute Gasteiger partial charge is 0.383 e. The number of nitrogens with one attached hydrogen (secondary N) is 1. The lowest BCUT2D eigenvalue weighted by atomic mass is 9.98. The first-order chi connectivity index (χ1) is 10.0. The third kappa shape index (κ3) is 4.07. The highest BCUT2D eigenvalue weighted by molar-refractivity contribution is 6.30. The van der Waals surface area contributed by atoms with E-state index >= 15 is 0 Å². The Bertz CT molecular complexity index is 467. The van der Waals surface area contributed by atoms with Crippen molar-refractivity contribution < 1.29 is 0 Å². The number of nitrogens with two attached hydrogens (primary N) is 1. The molecular weight excluding hydrogens is 286 g/mol. The molecule has 2 unspecified atom stereocenters.